The minimum absolute atomic E-state index is 0.325. The van der Waals surface area contributed by atoms with Gasteiger partial charge in [0.25, 0.3) is 0 Å². The third-order valence-electron chi connectivity index (χ3n) is 3.13. The van der Waals surface area contributed by atoms with E-state index >= 15 is 0 Å². The first-order valence-electron chi connectivity index (χ1n) is 5.81. The number of halogens is 1. The van der Waals surface area contributed by atoms with Gasteiger partial charge in [-0.15, -0.1) is 0 Å². The molecule has 0 aromatic carbocycles. The average Bonchev–Trinajstić information content (AvgIpc) is 2.82. The third-order valence-corrected chi connectivity index (χ3v) is 3.13. The smallest absolute Gasteiger partial charge is 0.407 e. The molecule has 0 radical (unpaired) electrons. The number of amides is 1. The van der Waals surface area contributed by atoms with Gasteiger partial charge in [-0.3, -0.25) is 0 Å². The van der Waals surface area contributed by atoms with Gasteiger partial charge in [0.15, 0.2) is 5.82 Å². The molecule has 0 aliphatic carbocycles. The van der Waals surface area contributed by atoms with Crippen LogP contribution in [0.5, 0.6) is 0 Å². The van der Waals surface area contributed by atoms with Crippen molar-refractivity contribution in [2.24, 2.45) is 0 Å². The quantitative estimate of drug-likeness (QED) is 0.844. The first-order chi connectivity index (χ1) is 9.15. The van der Waals surface area contributed by atoms with Crippen molar-refractivity contribution in [3.05, 3.63) is 41.6 Å². The second-order valence-electron chi connectivity index (χ2n) is 4.32. The number of pyridine rings is 1. The van der Waals surface area contributed by atoms with Gasteiger partial charge in [-0.1, -0.05) is 0 Å². The summed E-state index contributed by atoms with van der Waals surface area (Å²) in [4.78, 5) is 16.2. The van der Waals surface area contributed by atoms with Crippen LogP contribution in [0.2, 0.25) is 0 Å². The van der Waals surface area contributed by atoms with Crippen LogP contribution in [0.1, 0.15) is 11.3 Å². The SMILES string of the molecule is O=C(O)N1CCc2c(cnn2-c2ccc(F)cn2)C1. The number of hydrogen-bond acceptors (Lipinski definition) is 3. The fourth-order valence-electron chi connectivity index (χ4n) is 2.19. The third kappa shape index (κ3) is 2.03. The van der Waals surface area contributed by atoms with Crippen molar-refractivity contribution in [1.82, 2.24) is 19.7 Å². The maximum absolute atomic E-state index is 12.8. The lowest BCUT2D eigenvalue weighted by atomic mass is 10.1. The number of carboxylic acid groups (broad SMARTS) is 1. The highest BCUT2D eigenvalue weighted by molar-refractivity contribution is 5.65. The Kier molecular flexibility index (Phi) is 2.66. The van der Waals surface area contributed by atoms with Crippen LogP contribution < -0.4 is 0 Å². The lowest BCUT2D eigenvalue weighted by Gasteiger charge is -2.24. The van der Waals surface area contributed by atoms with Gasteiger partial charge in [-0.05, 0) is 12.1 Å². The predicted molar refractivity (Wildman–Crippen MR) is 63.5 cm³/mol. The Bertz CT molecular complexity index is 623. The Labute approximate surface area is 108 Å². The van der Waals surface area contributed by atoms with Crippen molar-refractivity contribution in [2.75, 3.05) is 6.54 Å². The van der Waals surface area contributed by atoms with E-state index in [4.69, 9.17) is 5.11 Å². The summed E-state index contributed by atoms with van der Waals surface area (Å²) in [5, 5.41) is 13.2. The molecule has 0 saturated heterocycles. The Morgan fingerprint density at radius 3 is 2.89 bits per heavy atom. The number of fused-ring (bicyclic) bond motifs is 1. The molecule has 0 bridgehead atoms. The van der Waals surface area contributed by atoms with Gasteiger partial charge in [0.1, 0.15) is 5.82 Å². The summed E-state index contributed by atoms with van der Waals surface area (Å²) in [5.41, 5.74) is 1.79. The second kappa shape index (κ2) is 4.34. The minimum atomic E-state index is -0.932. The van der Waals surface area contributed by atoms with E-state index in [0.717, 1.165) is 17.5 Å². The van der Waals surface area contributed by atoms with E-state index in [9.17, 15) is 9.18 Å². The Morgan fingerprint density at radius 2 is 2.21 bits per heavy atom. The predicted octanol–water partition coefficient (Wildman–Crippen LogP) is 1.44. The number of carbonyl (C=O) groups is 1. The highest BCUT2D eigenvalue weighted by Gasteiger charge is 2.24. The standard InChI is InChI=1S/C12H11FN4O2/c13-9-1-2-11(14-6-9)17-10-3-4-16(12(18)19)7-8(10)5-15-17/h1-2,5-6H,3-4,7H2,(H,18,19). The van der Waals surface area contributed by atoms with Crippen LogP contribution in [-0.2, 0) is 13.0 Å². The van der Waals surface area contributed by atoms with Gasteiger partial charge in [0, 0.05) is 18.5 Å². The Balaban J connectivity index is 1.95. The molecule has 1 aliphatic rings. The largest absolute Gasteiger partial charge is 0.465 e. The summed E-state index contributed by atoms with van der Waals surface area (Å²) in [5.74, 6) is 0.133. The zero-order valence-electron chi connectivity index (χ0n) is 9.95. The van der Waals surface area contributed by atoms with Crippen LogP contribution in [0.3, 0.4) is 0 Å². The molecular formula is C12H11FN4O2. The molecule has 2 aromatic rings. The van der Waals surface area contributed by atoms with E-state index in [2.05, 4.69) is 10.1 Å². The molecular weight excluding hydrogens is 251 g/mol. The van der Waals surface area contributed by atoms with Crippen molar-refractivity contribution < 1.29 is 14.3 Å². The highest BCUT2D eigenvalue weighted by atomic mass is 19.1. The van der Waals surface area contributed by atoms with Crippen molar-refractivity contribution in [3.8, 4) is 5.82 Å². The molecule has 1 amide bonds. The first kappa shape index (κ1) is 11.6. The lowest BCUT2D eigenvalue weighted by molar-refractivity contribution is 0.139. The zero-order chi connectivity index (χ0) is 13.4. The van der Waals surface area contributed by atoms with E-state index in [1.807, 2.05) is 0 Å². The van der Waals surface area contributed by atoms with Crippen molar-refractivity contribution in [3.63, 3.8) is 0 Å². The molecule has 6 nitrogen and oxygen atoms in total. The minimum Gasteiger partial charge on any atom is -0.465 e. The van der Waals surface area contributed by atoms with Crippen LogP contribution in [0.15, 0.2) is 24.5 Å². The summed E-state index contributed by atoms with van der Waals surface area (Å²) in [6.45, 7) is 0.751. The van der Waals surface area contributed by atoms with E-state index < -0.39 is 11.9 Å². The molecule has 2 aromatic heterocycles. The summed E-state index contributed by atoms with van der Waals surface area (Å²) < 4.78 is 14.5. The Hall–Kier alpha value is -2.44. The molecule has 19 heavy (non-hydrogen) atoms. The number of rotatable bonds is 1. The number of hydrogen-bond donors (Lipinski definition) is 1. The Morgan fingerprint density at radius 1 is 1.37 bits per heavy atom. The second-order valence-corrected chi connectivity index (χ2v) is 4.32. The van der Waals surface area contributed by atoms with Gasteiger partial charge in [0.05, 0.1) is 24.6 Å². The normalized spacial score (nSPS) is 14.3. The van der Waals surface area contributed by atoms with Crippen LogP contribution in [0.25, 0.3) is 5.82 Å². The molecule has 0 fully saturated rings. The van der Waals surface area contributed by atoms with E-state index in [1.54, 1.807) is 16.9 Å². The molecule has 3 rings (SSSR count). The van der Waals surface area contributed by atoms with Gasteiger partial charge in [0.2, 0.25) is 0 Å². The summed E-state index contributed by atoms with van der Waals surface area (Å²) >= 11 is 0. The van der Waals surface area contributed by atoms with Gasteiger partial charge < -0.3 is 10.0 Å². The van der Waals surface area contributed by atoms with Crippen LogP contribution >= 0.6 is 0 Å². The van der Waals surface area contributed by atoms with Crippen molar-refractivity contribution in [1.29, 1.82) is 0 Å². The van der Waals surface area contributed by atoms with Gasteiger partial charge >= 0.3 is 6.09 Å². The van der Waals surface area contributed by atoms with Crippen LogP contribution in [0, 0.1) is 5.82 Å². The average molecular weight is 262 g/mol. The van der Waals surface area contributed by atoms with Gasteiger partial charge in [-0.25, -0.2) is 18.9 Å². The molecule has 1 aliphatic heterocycles. The molecule has 0 saturated carbocycles. The van der Waals surface area contributed by atoms with E-state index in [0.29, 0.717) is 25.3 Å². The van der Waals surface area contributed by atoms with E-state index in [-0.39, 0.29) is 0 Å². The zero-order valence-corrected chi connectivity index (χ0v) is 9.95. The first-order valence-corrected chi connectivity index (χ1v) is 5.81. The highest BCUT2D eigenvalue weighted by Crippen LogP contribution is 2.21. The topological polar surface area (TPSA) is 71.2 Å². The number of aromatic nitrogens is 3. The fourth-order valence-corrected chi connectivity index (χ4v) is 2.19. The fraction of sp³-hybridized carbons (Fsp3) is 0.250. The maximum atomic E-state index is 12.8. The molecule has 7 heteroatoms. The number of nitrogens with zero attached hydrogens (tertiary/aromatic N) is 4. The molecule has 0 atom stereocenters. The summed E-state index contributed by atoms with van der Waals surface area (Å²) in [6, 6.07) is 2.87. The monoisotopic (exact) mass is 262 g/mol. The van der Waals surface area contributed by atoms with Gasteiger partial charge in [-0.2, -0.15) is 5.10 Å². The van der Waals surface area contributed by atoms with Crippen molar-refractivity contribution in [2.45, 2.75) is 13.0 Å². The molecule has 0 unspecified atom stereocenters. The molecule has 0 spiro atoms. The van der Waals surface area contributed by atoms with Crippen molar-refractivity contribution >= 4 is 6.09 Å². The maximum Gasteiger partial charge on any atom is 0.407 e. The van der Waals surface area contributed by atoms with Crippen LogP contribution in [0.4, 0.5) is 9.18 Å². The summed E-state index contributed by atoms with van der Waals surface area (Å²) in [6.07, 6.45) is 2.41. The van der Waals surface area contributed by atoms with Crippen LogP contribution in [-0.4, -0.2) is 37.4 Å². The molecule has 98 valence electrons. The summed E-state index contributed by atoms with van der Waals surface area (Å²) in [7, 11) is 0. The molecule has 3 heterocycles. The van der Waals surface area contributed by atoms with E-state index in [1.165, 1.54) is 11.0 Å². The lowest BCUT2D eigenvalue weighted by Crippen LogP contribution is -2.35. The molecule has 1 N–H and O–H groups in total.